The predicted octanol–water partition coefficient (Wildman–Crippen LogP) is 9.43. The molecule has 2 saturated heterocycles. The van der Waals surface area contributed by atoms with Gasteiger partial charge in [0.25, 0.3) is 0 Å². The smallest absolute Gasteiger partial charge is 0.192 e. The van der Waals surface area contributed by atoms with Crippen molar-refractivity contribution in [3.05, 3.63) is 63.5 Å². The number of nitrogens with zero attached hydrogens (tertiary/aromatic N) is 1. The molecule has 5 nitrogen and oxygen atoms in total. The van der Waals surface area contributed by atoms with Crippen LogP contribution in [0.15, 0.2) is 24.3 Å². The van der Waals surface area contributed by atoms with Crippen LogP contribution in [0.1, 0.15) is 145 Å². The summed E-state index contributed by atoms with van der Waals surface area (Å²) in [6.45, 7) is 26.5. The molecule has 1 spiro atoms. The van der Waals surface area contributed by atoms with E-state index in [1.807, 2.05) is 0 Å². The van der Waals surface area contributed by atoms with Crippen molar-refractivity contribution in [1.29, 1.82) is 0 Å². The van der Waals surface area contributed by atoms with Crippen molar-refractivity contribution in [2.75, 3.05) is 26.4 Å². The number of benzene rings is 1. The van der Waals surface area contributed by atoms with E-state index in [0.717, 1.165) is 65.0 Å². The summed E-state index contributed by atoms with van der Waals surface area (Å²) < 4.78 is 26.8. The summed E-state index contributed by atoms with van der Waals surface area (Å²) in [7, 11) is -2.08. The molecule has 6 heteroatoms. The summed E-state index contributed by atoms with van der Waals surface area (Å²) in [5.74, 6) is 0.377. The van der Waals surface area contributed by atoms with Gasteiger partial charge >= 0.3 is 0 Å². The molecule has 4 heterocycles. The van der Waals surface area contributed by atoms with Gasteiger partial charge in [0.1, 0.15) is 6.10 Å². The van der Waals surface area contributed by atoms with E-state index in [4.69, 9.17) is 23.6 Å². The molecule has 1 aliphatic carbocycles. The lowest BCUT2D eigenvalue weighted by Crippen LogP contribution is -2.45. The molecule has 3 aliphatic heterocycles. The van der Waals surface area contributed by atoms with Gasteiger partial charge in [0, 0.05) is 62.0 Å². The van der Waals surface area contributed by atoms with Gasteiger partial charge in [-0.2, -0.15) is 0 Å². The van der Waals surface area contributed by atoms with E-state index in [1.54, 1.807) is 0 Å². The molecule has 0 unspecified atom stereocenters. The largest absolute Gasteiger partial charge is 0.410 e. The van der Waals surface area contributed by atoms with Crippen molar-refractivity contribution >= 4 is 8.32 Å². The molecule has 242 valence electrons. The van der Waals surface area contributed by atoms with Gasteiger partial charge in [-0.25, -0.2) is 0 Å². The van der Waals surface area contributed by atoms with E-state index >= 15 is 0 Å². The highest BCUT2D eigenvalue weighted by Gasteiger charge is 2.54. The molecule has 0 bridgehead atoms. The maximum Gasteiger partial charge on any atom is 0.192 e. The molecular formula is C38H57NO4Si. The molecule has 44 heavy (non-hydrogen) atoms. The zero-order valence-corrected chi connectivity index (χ0v) is 30.2. The van der Waals surface area contributed by atoms with Crippen LogP contribution in [0.4, 0.5) is 0 Å². The fourth-order valence-electron chi connectivity index (χ4n) is 7.77. The average Bonchev–Trinajstić information content (AvgIpc) is 3.25. The van der Waals surface area contributed by atoms with Gasteiger partial charge in [0.15, 0.2) is 8.32 Å². The van der Waals surface area contributed by atoms with Crippen molar-refractivity contribution in [1.82, 2.24) is 4.98 Å². The quantitative estimate of drug-likeness (QED) is 0.319. The zero-order chi connectivity index (χ0) is 31.7. The van der Waals surface area contributed by atoms with Gasteiger partial charge in [-0.15, -0.1) is 0 Å². The number of pyridine rings is 1. The van der Waals surface area contributed by atoms with Crippen molar-refractivity contribution < 1.29 is 18.6 Å². The second kappa shape index (κ2) is 11.3. The van der Waals surface area contributed by atoms with Crippen LogP contribution in [0.5, 0.6) is 0 Å². The monoisotopic (exact) mass is 619 g/mol. The highest BCUT2D eigenvalue weighted by Crippen LogP contribution is 2.59. The molecule has 0 amide bonds. The lowest BCUT2D eigenvalue weighted by atomic mass is 9.69. The Morgan fingerprint density at radius 3 is 2.07 bits per heavy atom. The number of fused-ring (bicyclic) bond motifs is 4. The third-order valence-electron chi connectivity index (χ3n) is 11.4. The second-order valence-electron chi connectivity index (χ2n) is 17.4. The van der Waals surface area contributed by atoms with E-state index in [9.17, 15) is 0 Å². The molecule has 2 atom stereocenters. The minimum Gasteiger partial charge on any atom is -0.410 e. The first kappa shape index (κ1) is 32.4. The van der Waals surface area contributed by atoms with Gasteiger partial charge in [0.05, 0.1) is 17.4 Å². The van der Waals surface area contributed by atoms with Crippen LogP contribution >= 0.6 is 0 Å². The van der Waals surface area contributed by atoms with E-state index in [0.29, 0.717) is 5.92 Å². The van der Waals surface area contributed by atoms with Crippen molar-refractivity contribution in [3.63, 3.8) is 0 Å². The molecule has 6 rings (SSSR count). The Kier molecular flexibility index (Phi) is 8.31. The molecule has 4 aliphatic rings. The number of hydrogen-bond acceptors (Lipinski definition) is 5. The molecular weight excluding hydrogens is 563 g/mol. The van der Waals surface area contributed by atoms with Crippen molar-refractivity contribution in [2.24, 2.45) is 5.41 Å². The zero-order valence-electron chi connectivity index (χ0n) is 29.2. The van der Waals surface area contributed by atoms with Gasteiger partial charge in [0.2, 0.25) is 0 Å². The highest BCUT2D eigenvalue weighted by molar-refractivity contribution is 6.74. The van der Waals surface area contributed by atoms with E-state index < -0.39 is 8.32 Å². The van der Waals surface area contributed by atoms with E-state index in [2.05, 4.69) is 92.7 Å². The lowest BCUT2D eigenvalue weighted by molar-refractivity contribution is -0.122. The number of aromatic nitrogens is 1. The summed E-state index contributed by atoms with van der Waals surface area (Å²) in [4.78, 5) is 5.73. The molecule has 0 radical (unpaired) electrons. The average molecular weight is 620 g/mol. The SMILES string of the molecule is CC1(C)Cc2nc(C3CCOCC3)c3c(c2[C@@H](O[Si](C)(C)C(C)(C)C)C1)C1(CCOCC1)O[C@@H]3c1ccc(C(C)(C)C)cc1. The molecule has 2 fully saturated rings. The summed E-state index contributed by atoms with van der Waals surface area (Å²) in [6.07, 6.45) is 5.62. The molecule has 0 N–H and O–H groups in total. The maximum absolute atomic E-state index is 7.47. The fraction of sp³-hybridized carbons (Fsp3) is 0.711. The summed E-state index contributed by atoms with van der Waals surface area (Å²) in [5, 5.41) is 0.123. The first-order valence-corrected chi connectivity index (χ1v) is 20.1. The minimum absolute atomic E-state index is 0.0185. The first-order valence-electron chi connectivity index (χ1n) is 17.2. The summed E-state index contributed by atoms with van der Waals surface area (Å²) in [6, 6.07) is 9.24. The minimum atomic E-state index is -2.08. The lowest BCUT2D eigenvalue weighted by Gasteiger charge is -2.46. The Morgan fingerprint density at radius 1 is 0.864 bits per heavy atom. The van der Waals surface area contributed by atoms with Gasteiger partial charge < -0.3 is 18.6 Å². The predicted molar refractivity (Wildman–Crippen MR) is 180 cm³/mol. The van der Waals surface area contributed by atoms with Crippen LogP contribution in [-0.2, 0) is 36.1 Å². The van der Waals surface area contributed by atoms with Crippen LogP contribution in [0, 0.1) is 5.41 Å². The van der Waals surface area contributed by atoms with Gasteiger partial charge in [-0.05, 0) is 71.3 Å². The van der Waals surface area contributed by atoms with E-state index in [-0.39, 0.29) is 33.7 Å². The third kappa shape index (κ3) is 5.87. The Labute approximate surface area is 267 Å². The Bertz CT molecular complexity index is 1360. The van der Waals surface area contributed by atoms with Crippen molar-refractivity contribution in [2.45, 2.75) is 141 Å². The van der Waals surface area contributed by atoms with E-state index in [1.165, 1.54) is 39.2 Å². The number of rotatable bonds is 4. The van der Waals surface area contributed by atoms with Gasteiger partial charge in [-0.1, -0.05) is 79.7 Å². The fourth-order valence-corrected chi connectivity index (χ4v) is 9.04. The highest BCUT2D eigenvalue weighted by atomic mass is 28.4. The number of hydrogen-bond donors (Lipinski definition) is 0. The van der Waals surface area contributed by atoms with Crippen LogP contribution in [0.3, 0.4) is 0 Å². The second-order valence-corrected chi connectivity index (χ2v) is 22.2. The Balaban J connectivity index is 1.60. The summed E-state index contributed by atoms with van der Waals surface area (Å²) >= 11 is 0. The Morgan fingerprint density at radius 2 is 1.48 bits per heavy atom. The molecule has 1 aromatic heterocycles. The topological polar surface area (TPSA) is 49.8 Å². The molecule has 0 saturated carbocycles. The normalized spacial score (nSPS) is 25.6. The Hall–Kier alpha value is -1.57. The van der Waals surface area contributed by atoms with Crippen molar-refractivity contribution in [3.8, 4) is 0 Å². The maximum atomic E-state index is 7.47. The molecule has 2 aromatic rings. The van der Waals surface area contributed by atoms with Gasteiger partial charge in [-0.3, -0.25) is 4.98 Å². The van der Waals surface area contributed by atoms with Crippen LogP contribution < -0.4 is 0 Å². The first-order chi connectivity index (χ1) is 20.5. The summed E-state index contributed by atoms with van der Waals surface area (Å²) in [5.41, 5.74) is 9.03. The molecule has 1 aromatic carbocycles. The van der Waals surface area contributed by atoms with Crippen LogP contribution in [-0.4, -0.2) is 39.7 Å². The number of ether oxygens (including phenoxy) is 3. The third-order valence-corrected chi connectivity index (χ3v) is 15.9. The van der Waals surface area contributed by atoms with Crippen LogP contribution in [0.25, 0.3) is 0 Å². The standard InChI is InChI=1S/C38H57NO4Si/c1-35(2,3)27-13-11-26(12-14-27)34-31-32(38(42-34)17-21-41-22-18-38)30-28(39-33(31)25-15-19-40-20-16-25)23-37(7,8)24-29(30)43-44(9,10)36(4,5)6/h11-14,25,29,34H,15-24H2,1-10H3/t29-,34+/m0/s1. The van der Waals surface area contributed by atoms with Crippen LogP contribution in [0.2, 0.25) is 18.1 Å².